The number of halogens is 1. The molecule has 2 aromatic heterocycles. The molecule has 3 nitrogen and oxygen atoms in total. The Bertz CT molecular complexity index is 688. The van der Waals surface area contributed by atoms with Crippen LogP contribution in [0.4, 0.5) is 0 Å². The van der Waals surface area contributed by atoms with E-state index in [4.69, 9.17) is 4.74 Å². The Kier molecular flexibility index (Phi) is 3.25. The van der Waals surface area contributed by atoms with Gasteiger partial charge in [-0.2, -0.15) is 0 Å². The monoisotopic (exact) mass is 316 g/mol. The number of aromatic nitrogens is 2. The second kappa shape index (κ2) is 5.05. The molecule has 0 aliphatic heterocycles. The summed E-state index contributed by atoms with van der Waals surface area (Å²) in [5, 5.41) is 0. The summed E-state index contributed by atoms with van der Waals surface area (Å²) >= 11 is 3.50. The standard InChI is InChI=1S/C15H13BrN2O/c1-11-5-6-14(13(16)8-11)19-10-12-9-18-7-3-2-4-15(18)17-12/h2-9H,10H2,1H3. The van der Waals surface area contributed by atoms with Crippen molar-refractivity contribution >= 4 is 21.6 Å². The molecule has 0 spiro atoms. The van der Waals surface area contributed by atoms with Crippen molar-refractivity contribution in [3.05, 3.63) is 64.5 Å². The molecule has 1 aromatic carbocycles. The Morgan fingerprint density at radius 3 is 2.95 bits per heavy atom. The molecule has 0 aliphatic rings. The predicted octanol–water partition coefficient (Wildman–Crippen LogP) is 3.98. The maximum absolute atomic E-state index is 5.78. The average Bonchev–Trinajstić information content (AvgIpc) is 2.80. The molecule has 96 valence electrons. The molecule has 0 radical (unpaired) electrons. The lowest BCUT2D eigenvalue weighted by Crippen LogP contribution is -1.96. The van der Waals surface area contributed by atoms with Gasteiger partial charge < -0.3 is 9.14 Å². The van der Waals surface area contributed by atoms with E-state index in [2.05, 4.69) is 27.8 Å². The van der Waals surface area contributed by atoms with Gasteiger partial charge in [0.1, 0.15) is 18.0 Å². The highest BCUT2D eigenvalue weighted by molar-refractivity contribution is 9.10. The molecule has 0 saturated carbocycles. The largest absolute Gasteiger partial charge is 0.486 e. The normalized spacial score (nSPS) is 10.8. The Morgan fingerprint density at radius 1 is 1.26 bits per heavy atom. The first-order chi connectivity index (χ1) is 9.22. The molecule has 4 heteroatoms. The van der Waals surface area contributed by atoms with Crippen LogP contribution in [0.3, 0.4) is 0 Å². The third-order valence-corrected chi connectivity index (χ3v) is 3.50. The molecular weight excluding hydrogens is 304 g/mol. The van der Waals surface area contributed by atoms with E-state index in [1.54, 1.807) is 0 Å². The lowest BCUT2D eigenvalue weighted by molar-refractivity contribution is 0.300. The molecule has 0 bridgehead atoms. The third-order valence-electron chi connectivity index (χ3n) is 2.88. The second-order valence-corrected chi connectivity index (χ2v) is 5.28. The van der Waals surface area contributed by atoms with Crippen LogP contribution in [-0.2, 0) is 6.61 Å². The van der Waals surface area contributed by atoms with Gasteiger partial charge in [-0.05, 0) is 52.7 Å². The van der Waals surface area contributed by atoms with Gasteiger partial charge in [-0.1, -0.05) is 12.1 Å². The summed E-state index contributed by atoms with van der Waals surface area (Å²) in [6, 6.07) is 12.0. The number of benzene rings is 1. The maximum Gasteiger partial charge on any atom is 0.137 e. The summed E-state index contributed by atoms with van der Waals surface area (Å²) in [5.41, 5.74) is 3.05. The SMILES string of the molecule is Cc1ccc(OCc2cn3ccccc3n2)c(Br)c1. The molecule has 0 saturated heterocycles. The van der Waals surface area contributed by atoms with E-state index in [0.717, 1.165) is 21.6 Å². The number of aryl methyl sites for hydroxylation is 1. The van der Waals surface area contributed by atoms with Crippen molar-refractivity contribution in [3.63, 3.8) is 0 Å². The third kappa shape index (κ3) is 2.63. The molecular formula is C15H13BrN2O. The fourth-order valence-electron chi connectivity index (χ4n) is 1.93. The van der Waals surface area contributed by atoms with Crippen molar-refractivity contribution in [3.8, 4) is 5.75 Å². The molecule has 2 heterocycles. The van der Waals surface area contributed by atoms with Gasteiger partial charge in [-0.15, -0.1) is 0 Å². The van der Waals surface area contributed by atoms with E-state index in [1.807, 2.05) is 53.2 Å². The molecule has 3 rings (SSSR count). The Balaban J connectivity index is 1.78. The van der Waals surface area contributed by atoms with Crippen molar-refractivity contribution in [2.45, 2.75) is 13.5 Å². The Labute approximate surface area is 120 Å². The van der Waals surface area contributed by atoms with E-state index in [-0.39, 0.29) is 0 Å². The van der Waals surface area contributed by atoms with Crippen LogP contribution in [0.25, 0.3) is 5.65 Å². The van der Waals surface area contributed by atoms with Crippen LogP contribution < -0.4 is 4.74 Å². The number of hydrogen-bond donors (Lipinski definition) is 0. The lowest BCUT2D eigenvalue weighted by atomic mass is 10.2. The summed E-state index contributed by atoms with van der Waals surface area (Å²) in [6.45, 7) is 2.51. The smallest absolute Gasteiger partial charge is 0.137 e. The lowest BCUT2D eigenvalue weighted by Gasteiger charge is -2.06. The van der Waals surface area contributed by atoms with Crippen LogP contribution in [0, 0.1) is 6.92 Å². The van der Waals surface area contributed by atoms with Gasteiger partial charge in [-0.3, -0.25) is 0 Å². The molecule has 0 fully saturated rings. The molecule has 0 amide bonds. The van der Waals surface area contributed by atoms with Gasteiger partial charge in [0.15, 0.2) is 0 Å². The molecule has 0 atom stereocenters. The second-order valence-electron chi connectivity index (χ2n) is 4.42. The van der Waals surface area contributed by atoms with Crippen LogP contribution in [-0.4, -0.2) is 9.38 Å². The zero-order valence-corrected chi connectivity index (χ0v) is 12.1. The van der Waals surface area contributed by atoms with Gasteiger partial charge >= 0.3 is 0 Å². The fourth-order valence-corrected chi connectivity index (χ4v) is 2.54. The zero-order valence-electron chi connectivity index (χ0n) is 10.5. The topological polar surface area (TPSA) is 26.5 Å². The molecule has 0 unspecified atom stereocenters. The number of fused-ring (bicyclic) bond motifs is 1. The number of imidazole rings is 1. The highest BCUT2D eigenvalue weighted by Gasteiger charge is 2.04. The first-order valence-electron chi connectivity index (χ1n) is 6.04. The van der Waals surface area contributed by atoms with E-state index >= 15 is 0 Å². The first-order valence-corrected chi connectivity index (χ1v) is 6.83. The van der Waals surface area contributed by atoms with E-state index in [9.17, 15) is 0 Å². The predicted molar refractivity (Wildman–Crippen MR) is 78.4 cm³/mol. The Morgan fingerprint density at radius 2 is 2.16 bits per heavy atom. The van der Waals surface area contributed by atoms with Gasteiger partial charge in [0.05, 0.1) is 10.2 Å². The fraction of sp³-hybridized carbons (Fsp3) is 0.133. The minimum Gasteiger partial charge on any atom is -0.486 e. The maximum atomic E-state index is 5.78. The highest BCUT2D eigenvalue weighted by Crippen LogP contribution is 2.26. The number of pyridine rings is 1. The van der Waals surface area contributed by atoms with Gasteiger partial charge in [-0.25, -0.2) is 4.98 Å². The van der Waals surface area contributed by atoms with E-state index < -0.39 is 0 Å². The Hall–Kier alpha value is -1.81. The van der Waals surface area contributed by atoms with Crippen LogP contribution >= 0.6 is 15.9 Å². The van der Waals surface area contributed by atoms with Crippen LogP contribution in [0.1, 0.15) is 11.3 Å². The summed E-state index contributed by atoms with van der Waals surface area (Å²) in [5.74, 6) is 0.836. The summed E-state index contributed by atoms with van der Waals surface area (Å²) in [4.78, 5) is 4.50. The number of rotatable bonds is 3. The minimum atomic E-state index is 0.462. The van der Waals surface area contributed by atoms with Gasteiger partial charge in [0, 0.05) is 12.4 Å². The van der Waals surface area contributed by atoms with Crippen molar-refractivity contribution in [1.29, 1.82) is 0 Å². The number of nitrogens with zero attached hydrogens (tertiary/aromatic N) is 2. The molecule has 3 aromatic rings. The minimum absolute atomic E-state index is 0.462. The van der Waals surface area contributed by atoms with Crippen LogP contribution in [0.15, 0.2) is 53.3 Å². The highest BCUT2D eigenvalue weighted by atomic mass is 79.9. The first kappa shape index (κ1) is 12.2. The van der Waals surface area contributed by atoms with E-state index in [1.165, 1.54) is 5.56 Å². The summed E-state index contributed by atoms with van der Waals surface area (Å²) in [6.07, 6.45) is 3.96. The van der Waals surface area contributed by atoms with Gasteiger partial charge in [0.2, 0.25) is 0 Å². The molecule has 0 aliphatic carbocycles. The van der Waals surface area contributed by atoms with Crippen molar-refractivity contribution < 1.29 is 4.74 Å². The van der Waals surface area contributed by atoms with Crippen molar-refractivity contribution in [1.82, 2.24) is 9.38 Å². The van der Waals surface area contributed by atoms with Crippen molar-refractivity contribution in [2.24, 2.45) is 0 Å². The summed E-state index contributed by atoms with van der Waals surface area (Å²) in [7, 11) is 0. The van der Waals surface area contributed by atoms with E-state index in [0.29, 0.717) is 6.61 Å². The zero-order chi connectivity index (χ0) is 13.2. The molecule has 0 N–H and O–H groups in total. The number of hydrogen-bond acceptors (Lipinski definition) is 2. The van der Waals surface area contributed by atoms with Crippen molar-refractivity contribution in [2.75, 3.05) is 0 Å². The average molecular weight is 317 g/mol. The van der Waals surface area contributed by atoms with Crippen LogP contribution in [0.5, 0.6) is 5.75 Å². The quantitative estimate of drug-likeness (QED) is 0.730. The summed E-state index contributed by atoms with van der Waals surface area (Å²) < 4.78 is 8.74. The molecule has 19 heavy (non-hydrogen) atoms. The number of ether oxygens (including phenoxy) is 1. The van der Waals surface area contributed by atoms with Crippen LogP contribution in [0.2, 0.25) is 0 Å². The van der Waals surface area contributed by atoms with Gasteiger partial charge in [0.25, 0.3) is 0 Å².